The predicted octanol–water partition coefficient (Wildman–Crippen LogP) is 2.98. The smallest absolute Gasteiger partial charge is 0.261 e. The van der Waals surface area contributed by atoms with Crippen LogP contribution in [0.3, 0.4) is 0 Å². The molecule has 0 spiro atoms. The van der Waals surface area contributed by atoms with Gasteiger partial charge in [0.1, 0.15) is 5.82 Å². The molecule has 0 aliphatic rings. The Morgan fingerprint density at radius 2 is 1.88 bits per heavy atom. The Kier molecular flexibility index (Phi) is 2.57. The quantitative estimate of drug-likeness (QED) is 0.685. The van der Waals surface area contributed by atoms with Gasteiger partial charge in [0.2, 0.25) is 0 Å². The van der Waals surface area contributed by atoms with Crippen molar-refractivity contribution in [3.8, 4) is 0 Å². The predicted molar refractivity (Wildman–Crippen MR) is 67.8 cm³/mol. The Labute approximate surface area is 99.7 Å². The van der Waals surface area contributed by atoms with E-state index in [1.807, 2.05) is 0 Å². The molecule has 2 nitrogen and oxygen atoms in total. The maximum atomic E-state index is 13.8. The van der Waals surface area contributed by atoms with Crippen LogP contribution in [-0.2, 0) is 12.5 Å². The minimum absolute atomic E-state index is 0.127. The Morgan fingerprint density at radius 1 is 1.24 bits per heavy atom. The van der Waals surface area contributed by atoms with Crippen molar-refractivity contribution in [3.05, 3.63) is 46.1 Å². The van der Waals surface area contributed by atoms with E-state index in [-0.39, 0.29) is 16.4 Å². The number of aryl methyl sites for hydroxylation is 1. The molecule has 0 saturated carbocycles. The summed E-state index contributed by atoms with van der Waals surface area (Å²) in [7, 11) is 1.66. The number of benzene rings is 1. The molecule has 0 bridgehead atoms. The van der Waals surface area contributed by atoms with Crippen LogP contribution in [0, 0.1) is 5.82 Å². The molecule has 90 valence electrons. The van der Waals surface area contributed by atoms with Crippen LogP contribution in [-0.4, -0.2) is 4.57 Å². The second kappa shape index (κ2) is 3.69. The van der Waals surface area contributed by atoms with Gasteiger partial charge in [-0.3, -0.25) is 4.79 Å². The van der Waals surface area contributed by atoms with E-state index < -0.39 is 5.82 Å². The summed E-state index contributed by atoms with van der Waals surface area (Å²) in [5.74, 6) is -0.450. The molecule has 0 saturated heterocycles. The molecule has 0 aliphatic heterocycles. The minimum Gasteiger partial charge on any atom is -0.318 e. The molecule has 0 radical (unpaired) electrons. The summed E-state index contributed by atoms with van der Waals surface area (Å²) < 4.78 is 15.2. The molecule has 1 heterocycles. The van der Waals surface area contributed by atoms with E-state index in [2.05, 4.69) is 20.8 Å². The first-order chi connectivity index (χ1) is 7.82. The zero-order valence-corrected chi connectivity index (χ0v) is 10.5. The number of pyridine rings is 1. The number of nitrogens with zero attached hydrogens (tertiary/aromatic N) is 1. The zero-order chi connectivity index (χ0) is 12.8. The van der Waals surface area contributed by atoms with Crippen LogP contribution < -0.4 is 5.56 Å². The third kappa shape index (κ3) is 1.86. The fourth-order valence-electron chi connectivity index (χ4n) is 2.06. The molecule has 2 aromatic rings. The van der Waals surface area contributed by atoms with Gasteiger partial charge in [-0.25, -0.2) is 4.39 Å². The topological polar surface area (TPSA) is 22.0 Å². The summed E-state index contributed by atoms with van der Waals surface area (Å²) in [5, 5.41) is 0.892. The second-order valence-electron chi connectivity index (χ2n) is 5.37. The maximum absolute atomic E-state index is 13.8. The van der Waals surface area contributed by atoms with Crippen LogP contribution in [0.1, 0.15) is 26.3 Å². The summed E-state index contributed by atoms with van der Waals surface area (Å²) >= 11 is 0. The average Bonchev–Trinajstić information content (AvgIpc) is 2.21. The first-order valence-corrected chi connectivity index (χ1v) is 5.60. The Morgan fingerprint density at radius 3 is 2.47 bits per heavy atom. The number of rotatable bonds is 0. The molecule has 0 unspecified atom stereocenters. The molecule has 0 fully saturated rings. The van der Waals surface area contributed by atoms with Crippen molar-refractivity contribution in [2.24, 2.45) is 7.05 Å². The molecule has 17 heavy (non-hydrogen) atoms. The van der Waals surface area contributed by atoms with E-state index >= 15 is 0 Å². The molecule has 0 N–H and O–H groups in total. The van der Waals surface area contributed by atoms with Crippen LogP contribution in [0.2, 0.25) is 0 Å². The van der Waals surface area contributed by atoms with Crippen molar-refractivity contribution in [2.45, 2.75) is 26.2 Å². The first kappa shape index (κ1) is 11.8. The van der Waals surface area contributed by atoms with E-state index in [1.165, 1.54) is 10.6 Å². The van der Waals surface area contributed by atoms with Crippen molar-refractivity contribution >= 4 is 10.8 Å². The normalized spacial score (nSPS) is 12.1. The van der Waals surface area contributed by atoms with Crippen molar-refractivity contribution in [1.29, 1.82) is 0 Å². The molecular weight excluding hydrogens is 217 g/mol. The highest BCUT2D eigenvalue weighted by molar-refractivity contribution is 5.86. The van der Waals surface area contributed by atoms with E-state index in [1.54, 1.807) is 25.4 Å². The standard InChI is InChI=1S/C14H16FNO/c1-14(2,3)10-8-16(4)13(17)12-9(10)6-5-7-11(12)15/h5-8H,1-4H3. The van der Waals surface area contributed by atoms with Crippen molar-refractivity contribution in [3.63, 3.8) is 0 Å². The number of halogens is 1. The summed E-state index contributed by atoms with van der Waals surface area (Å²) in [6.45, 7) is 6.16. The summed E-state index contributed by atoms with van der Waals surface area (Å²) in [6, 6.07) is 4.78. The monoisotopic (exact) mass is 233 g/mol. The lowest BCUT2D eigenvalue weighted by molar-refractivity contribution is 0.585. The van der Waals surface area contributed by atoms with Crippen LogP contribution >= 0.6 is 0 Å². The van der Waals surface area contributed by atoms with Gasteiger partial charge in [0.05, 0.1) is 5.39 Å². The second-order valence-corrected chi connectivity index (χ2v) is 5.37. The summed E-state index contributed by atoms with van der Waals surface area (Å²) in [5.41, 5.74) is 0.567. The van der Waals surface area contributed by atoms with Crippen LogP contribution in [0.15, 0.2) is 29.2 Å². The molecule has 1 aromatic carbocycles. The lowest BCUT2D eigenvalue weighted by Gasteiger charge is -2.22. The van der Waals surface area contributed by atoms with Gasteiger partial charge in [-0.05, 0) is 22.4 Å². The fourth-order valence-corrected chi connectivity index (χ4v) is 2.06. The Bertz CT molecular complexity index is 635. The van der Waals surface area contributed by atoms with Gasteiger partial charge < -0.3 is 4.57 Å². The fraction of sp³-hybridized carbons (Fsp3) is 0.357. The summed E-state index contributed by atoms with van der Waals surface area (Å²) in [4.78, 5) is 12.0. The largest absolute Gasteiger partial charge is 0.318 e. The third-order valence-electron chi connectivity index (χ3n) is 2.97. The summed E-state index contributed by atoms with van der Waals surface area (Å²) in [6.07, 6.45) is 1.80. The van der Waals surface area contributed by atoms with Gasteiger partial charge in [0, 0.05) is 13.2 Å². The number of fused-ring (bicyclic) bond motifs is 1. The number of aromatic nitrogens is 1. The number of hydrogen-bond acceptors (Lipinski definition) is 1. The minimum atomic E-state index is -0.450. The number of hydrogen-bond donors (Lipinski definition) is 0. The zero-order valence-electron chi connectivity index (χ0n) is 10.5. The lowest BCUT2D eigenvalue weighted by atomic mass is 9.85. The molecule has 0 amide bonds. The van der Waals surface area contributed by atoms with E-state index in [9.17, 15) is 9.18 Å². The highest BCUT2D eigenvalue weighted by atomic mass is 19.1. The molecular formula is C14H16FNO. The van der Waals surface area contributed by atoms with Gasteiger partial charge in [-0.2, -0.15) is 0 Å². The van der Waals surface area contributed by atoms with E-state index in [0.29, 0.717) is 5.39 Å². The van der Waals surface area contributed by atoms with Crippen LogP contribution in [0.5, 0.6) is 0 Å². The molecule has 0 aliphatic carbocycles. The van der Waals surface area contributed by atoms with Crippen molar-refractivity contribution in [1.82, 2.24) is 4.57 Å². The molecule has 2 rings (SSSR count). The van der Waals surface area contributed by atoms with Gasteiger partial charge >= 0.3 is 0 Å². The first-order valence-electron chi connectivity index (χ1n) is 5.60. The highest BCUT2D eigenvalue weighted by Crippen LogP contribution is 2.28. The van der Waals surface area contributed by atoms with E-state index in [0.717, 1.165) is 5.56 Å². The molecule has 0 atom stereocenters. The molecule has 1 aromatic heterocycles. The van der Waals surface area contributed by atoms with E-state index in [4.69, 9.17) is 0 Å². The van der Waals surface area contributed by atoms with Gasteiger partial charge in [0.25, 0.3) is 5.56 Å². The Hall–Kier alpha value is -1.64. The van der Waals surface area contributed by atoms with Crippen molar-refractivity contribution < 1.29 is 4.39 Å². The van der Waals surface area contributed by atoms with Crippen LogP contribution in [0.25, 0.3) is 10.8 Å². The third-order valence-corrected chi connectivity index (χ3v) is 2.97. The van der Waals surface area contributed by atoms with Gasteiger partial charge in [-0.15, -0.1) is 0 Å². The SMILES string of the molecule is Cn1cc(C(C)(C)C)c2cccc(F)c2c1=O. The Balaban J connectivity index is 3.03. The molecule has 3 heteroatoms. The lowest BCUT2D eigenvalue weighted by Crippen LogP contribution is -2.22. The average molecular weight is 233 g/mol. The highest BCUT2D eigenvalue weighted by Gasteiger charge is 2.20. The van der Waals surface area contributed by atoms with Crippen molar-refractivity contribution in [2.75, 3.05) is 0 Å². The van der Waals surface area contributed by atoms with Crippen LogP contribution in [0.4, 0.5) is 4.39 Å². The van der Waals surface area contributed by atoms with Gasteiger partial charge in [-0.1, -0.05) is 32.9 Å². The maximum Gasteiger partial charge on any atom is 0.261 e. The van der Waals surface area contributed by atoms with Gasteiger partial charge in [0.15, 0.2) is 0 Å².